The lowest BCUT2D eigenvalue weighted by molar-refractivity contribution is 0.355. The smallest absolute Gasteiger partial charge is 0.161 e. The summed E-state index contributed by atoms with van der Waals surface area (Å²) in [4.78, 5) is 3.53. The van der Waals surface area contributed by atoms with Crippen molar-refractivity contribution in [2.24, 2.45) is 0 Å². The lowest BCUT2D eigenvalue weighted by Crippen LogP contribution is -1.93. The number of hydrogen-bond acceptors (Lipinski definition) is 2. The van der Waals surface area contributed by atoms with Crippen molar-refractivity contribution in [3.05, 3.63) is 48.0 Å². The van der Waals surface area contributed by atoms with Crippen LogP contribution in [0.5, 0.6) is 11.5 Å². The molecule has 0 spiro atoms. The standard InChI is InChI=1S/C19H20NO2/c1-12(2)18-14-7-5-6-8-15(14)20-19(18)13-9-10-16(21-3)17(11-13)22-4/h6-12,20H,1-4H3. The van der Waals surface area contributed by atoms with Gasteiger partial charge in [-0.1, -0.05) is 19.9 Å². The predicted octanol–water partition coefficient (Wildman–Crippen LogP) is 4.78. The molecule has 1 radical (unpaired) electrons. The van der Waals surface area contributed by atoms with Crippen LogP contribution in [-0.2, 0) is 0 Å². The van der Waals surface area contributed by atoms with Crippen LogP contribution in [0.25, 0.3) is 22.2 Å². The summed E-state index contributed by atoms with van der Waals surface area (Å²) >= 11 is 0. The summed E-state index contributed by atoms with van der Waals surface area (Å²) in [5.74, 6) is 1.88. The van der Waals surface area contributed by atoms with Crippen molar-refractivity contribution in [1.29, 1.82) is 0 Å². The molecule has 113 valence electrons. The number of ether oxygens (including phenoxy) is 2. The first kappa shape index (κ1) is 14.5. The van der Waals surface area contributed by atoms with Crippen LogP contribution < -0.4 is 9.47 Å². The Morgan fingerprint density at radius 1 is 1.05 bits per heavy atom. The molecule has 0 amide bonds. The highest BCUT2D eigenvalue weighted by Gasteiger charge is 2.17. The summed E-state index contributed by atoms with van der Waals surface area (Å²) in [5.41, 5.74) is 4.66. The van der Waals surface area contributed by atoms with E-state index in [0.717, 1.165) is 28.3 Å². The first-order chi connectivity index (χ1) is 10.7. The Morgan fingerprint density at radius 2 is 1.82 bits per heavy atom. The molecule has 0 unspecified atom stereocenters. The summed E-state index contributed by atoms with van der Waals surface area (Å²) in [6.45, 7) is 4.42. The molecular weight excluding hydrogens is 274 g/mol. The highest BCUT2D eigenvalue weighted by molar-refractivity contribution is 5.91. The molecule has 0 fully saturated rings. The zero-order chi connectivity index (χ0) is 15.7. The molecule has 3 rings (SSSR count). The SMILES string of the molecule is COc1ccc(-c2[nH]c3cc[c]cc3c2C(C)C)cc1OC. The maximum absolute atomic E-state index is 5.43. The fraction of sp³-hybridized carbons (Fsp3) is 0.263. The third-order valence-electron chi connectivity index (χ3n) is 3.93. The molecule has 0 aliphatic rings. The van der Waals surface area contributed by atoms with Crippen molar-refractivity contribution in [3.63, 3.8) is 0 Å². The zero-order valence-electron chi connectivity index (χ0n) is 13.4. The quantitative estimate of drug-likeness (QED) is 0.751. The second kappa shape index (κ2) is 5.76. The molecule has 1 heterocycles. The van der Waals surface area contributed by atoms with E-state index in [-0.39, 0.29) is 0 Å². The summed E-state index contributed by atoms with van der Waals surface area (Å²) < 4.78 is 10.8. The van der Waals surface area contributed by atoms with E-state index in [9.17, 15) is 0 Å². The van der Waals surface area contributed by atoms with E-state index in [1.807, 2.05) is 24.3 Å². The number of aromatic amines is 1. The minimum absolute atomic E-state index is 0.410. The predicted molar refractivity (Wildman–Crippen MR) is 89.8 cm³/mol. The van der Waals surface area contributed by atoms with E-state index >= 15 is 0 Å². The van der Waals surface area contributed by atoms with E-state index in [4.69, 9.17) is 9.47 Å². The average molecular weight is 294 g/mol. The van der Waals surface area contributed by atoms with E-state index in [1.165, 1.54) is 10.9 Å². The topological polar surface area (TPSA) is 34.2 Å². The number of H-pyrrole nitrogens is 1. The van der Waals surface area contributed by atoms with Crippen molar-refractivity contribution in [2.75, 3.05) is 14.2 Å². The van der Waals surface area contributed by atoms with Crippen LogP contribution in [0.15, 0.2) is 36.4 Å². The third kappa shape index (κ3) is 2.33. The highest BCUT2D eigenvalue weighted by atomic mass is 16.5. The first-order valence-electron chi connectivity index (χ1n) is 7.39. The maximum atomic E-state index is 5.43. The van der Waals surface area contributed by atoms with E-state index in [2.05, 4.69) is 37.0 Å². The second-order valence-corrected chi connectivity index (χ2v) is 5.61. The molecule has 22 heavy (non-hydrogen) atoms. The number of hydrogen-bond donors (Lipinski definition) is 1. The molecule has 2 aromatic carbocycles. The van der Waals surface area contributed by atoms with Crippen LogP contribution in [0.2, 0.25) is 0 Å². The van der Waals surface area contributed by atoms with Crippen LogP contribution in [0.3, 0.4) is 0 Å². The third-order valence-corrected chi connectivity index (χ3v) is 3.93. The van der Waals surface area contributed by atoms with Gasteiger partial charge in [-0.15, -0.1) is 0 Å². The van der Waals surface area contributed by atoms with Gasteiger partial charge in [0.15, 0.2) is 11.5 Å². The van der Waals surface area contributed by atoms with Crippen LogP contribution in [0, 0.1) is 6.07 Å². The fourth-order valence-electron chi connectivity index (χ4n) is 2.92. The van der Waals surface area contributed by atoms with Crippen molar-refractivity contribution in [3.8, 4) is 22.8 Å². The monoisotopic (exact) mass is 294 g/mol. The number of aromatic nitrogens is 1. The Kier molecular flexibility index (Phi) is 3.80. The molecule has 3 heteroatoms. The lowest BCUT2D eigenvalue weighted by atomic mass is 9.96. The van der Waals surface area contributed by atoms with Gasteiger partial charge in [0, 0.05) is 16.5 Å². The lowest BCUT2D eigenvalue weighted by Gasteiger charge is -2.12. The van der Waals surface area contributed by atoms with Gasteiger partial charge >= 0.3 is 0 Å². The Morgan fingerprint density at radius 3 is 2.50 bits per heavy atom. The van der Waals surface area contributed by atoms with Gasteiger partial charge in [-0.05, 0) is 47.9 Å². The summed E-state index contributed by atoms with van der Waals surface area (Å²) in [5, 5.41) is 1.22. The van der Waals surface area contributed by atoms with Gasteiger partial charge in [-0.2, -0.15) is 0 Å². The minimum Gasteiger partial charge on any atom is -0.493 e. The number of rotatable bonds is 4. The van der Waals surface area contributed by atoms with Gasteiger partial charge in [-0.25, -0.2) is 0 Å². The van der Waals surface area contributed by atoms with E-state index < -0.39 is 0 Å². The zero-order valence-corrected chi connectivity index (χ0v) is 13.4. The maximum Gasteiger partial charge on any atom is 0.161 e. The Hall–Kier alpha value is -2.42. The molecular formula is C19H20NO2. The first-order valence-corrected chi connectivity index (χ1v) is 7.39. The van der Waals surface area contributed by atoms with Gasteiger partial charge in [0.1, 0.15) is 0 Å². The minimum atomic E-state index is 0.410. The van der Waals surface area contributed by atoms with Crippen LogP contribution in [-0.4, -0.2) is 19.2 Å². The van der Waals surface area contributed by atoms with Crippen molar-refractivity contribution in [1.82, 2.24) is 4.98 Å². The van der Waals surface area contributed by atoms with Gasteiger partial charge in [-0.3, -0.25) is 0 Å². The number of nitrogens with one attached hydrogen (secondary N) is 1. The molecule has 0 saturated heterocycles. The molecule has 0 bridgehead atoms. The molecule has 0 atom stereocenters. The number of fused-ring (bicyclic) bond motifs is 1. The highest BCUT2D eigenvalue weighted by Crippen LogP contribution is 2.38. The average Bonchev–Trinajstić information content (AvgIpc) is 2.93. The normalized spacial score (nSPS) is 11.1. The molecule has 0 aliphatic heterocycles. The van der Waals surface area contributed by atoms with Crippen molar-refractivity contribution >= 4 is 10.9 Å². The van der Waals surface area contributed by atoms with E-state index in [0.29, 0.717) is 5.92 Å². The van der Waals surface area contributed by atoms with Gasteiger partial charge in [0.2, 0.25) is 0 Å². The molecule has 0 aliphatic carbocycles. The molecule has 3 nitrogen and oxygen atoms in total. The Balaban J connectivity index is 2.23. The van der Waals surface area contributed by atoms with E-state index in [1.54, 1.807) is 14.2 Å². The molecule has 1 N–H and O–H groups in total. The van der Waals surface area contributed by atoms with Crippen LogP contribution >= 0.6 is 0 Å². The van der Waals surface area contributed by atoms with Gasteiger partial charge < -0.3 is 14.5 Å². The van der Waals surface area contributed by atoms with Gasteiger partial charge in [0.25, 0.3) is 0 Å². The summed E-state index contributed by atoms with van der Waals surface area (Å²) in [6.07, 6.45) is 0. The molecule has 0 saturated carbocycles. The molecule has 1 aromatic heterocycles. The Bertz CT molecular complexity index is 802. The fourth-order valence-corrected chi connectivity index (χ4v) is 2.92. The van der Waals surface area contributed by atoms with Crippen LogP contribution in [0.1, 0.15) is 25.3 Å². The Labute approximate surface area is 130 Å². The summed E-state index contributed by atoms with van der Waals surface area (Å²) in [7, 11) is 3.31. The number of benzene rings is 2. The second-order valence-electron chi connectivity index (χ2n) is 5.61. The van der Waals surface area contributed by atoms with Crippen LogP contribution in [0.4, 0.5) is 0 Å². The number of methoxy groups -OCH3 is 2. The largest absolute Gasteiger partial charge is 0.493 e. The molecule has 3 aromatic rings. The van der Waals surface area contributed by atoms with Crippen molar-refractivity contribution in [2.45, 2.75) is 19.8 Å². The van der Waals surface area contributed by atoms with Gasteiger partial charge in [0.05, 0.1) is 19.9 Å². The summed E-state index contributed by atoms with van der Waals surface area (Å²) in [6, 6.07) is 15.2. The van der Waals surface area contributed by atoms with Crippen molar-refractivity contribution < 1.29 is 9.47 Å².